The Labute approximate surface area is 109 Å². The minimum atomic E-state index is -0.711. The van der Waals surface area contributed by atoms with Crippen molar-refractivity contribution in [1.29, 1.82) is 0 Å². The highest BCUT2D eigenvalue weighted by molar-refractivity contribution is 5.73. The van der Waals surface area contributed by atoms with Crippen LogP contribution in [0.2, 0.25) is 0 Å². The number of carbonyl (C=O) groups excluding carboxylic acids is 2. The van der Waals surface area contributed by atoms with Crippen molar-refractivity contribution in [1.82, 2.24) is 15.8 Å². The van der Waals surface area contributed by atoms with Gasteiger partial charge in [0.05, 0.1) is 12.1 Å². The highest BCUT2D eigenvalue weighted by atomic mass is 16.3. The van der Waals surface area contributed by atoms with Gasteiger partial charge in [-0.05, 0) is 12.8 Å². The van der Waals surface area contributed by atoms with E-state index in [2.05, 4.69) is 10.7 Å². The second kappa shape index (κ2) is 8.88. The molecule has 0 aliphatic rings. The van der Waals surface area contributed by atoms with Crippen molar-refractivity contribution < 1.29 is 14.7 Å². The molecule has 0 aromatic carbocycles. The first kappa shape index (κ1) is 16.9. The monoisotopic (exact) mass is 259 g/mol. The Morgan fingerprint density at radius 3 is 2.22 bits per heavy atom. The number of carbonyl (C=O) groups is 2. The third-order valence-electron chi connectivity index (χ3n) is 2.51. The van der Waals surface area contributed by atoms with E-state index in [1.807, 2.05) is 13.8 Å². The number of hydrogen-bond acceptors (Lipinski definition) is 4. The van der Waals surface area contributed by atoms with Crippen LogP contribution in [0.5, 0.6) is 0 Å². The van der Waals surface area contributed by atoms with E-state index in [-0.39, 0.29) is 17.9 Å². The molecule has 0 radical (unpaired) electrons. The Morgan fingerprint density at radius 1 is 1.22 bits per heavy atom. The van der Waals surface area contributed by atoms with E-state index in [4.69, 9.17) is 0 Å². The topological polar surface area (TPSA) is 81.7 Å². The molecule has 0 aliphatic carbocycles. The molecule has 0 saturated heterocycles. The molecule has 2 amide bonds. The molecule has 3 N–H and O–H groups in total. The first-order valence-electron chi connectivity index (χ1n) is 6.38. The van der Waals surface area contributed by atoms with E-state index in [1.54, 1.807) is 5.01 Å². The van der Waals surface area contributed by atoms with E-state index in [0.717, 1.165) is 6.42 Å². The zero-order valence-electron chi connectivity index (χ0n) is 11.7. The Bertz CT molecular complexity index is 271. The van der Waals surface area contributed by atoms with Gasteiger partial charge in [0.1, 0.15) is 0 Å². The summed E-state index contributed by atoms with van der Waals surface area (Å²) in [7, 11) is 0. The molecule has 2 atom stereocenters. The third-order valence-corrected chi connectivity index (χ3v) is 2.51. The zero-order chi connectivity index (χ0) is 14.1. The van der Waals surface area contributed by atoms with Crippen LogP contribution in [0.3, 0.4) is 0 Å². The highest BCUT2D eigenvalue weighted by Crippen LogP contribution is 2.02. The van der Waals surface area contributed by atoms with E-state index >= 15 is 0 Å². The molecule has 0 rings (SSSR count). The van der Waals surface area contributed by atoms with Crippen LogP contribution in [-0.2, 0) is 9.59 Å². The lowest BCUT2D eigenvalue weighted by molar-refractivity contribution is -0.125. The predicted molar refractivity (Wildman–Crippen MR) is 69.6 cm³/mol. The Kier molecular flexibility index (Phi) is 8.32. The number of aliphatic hydroxyl groups is 1. The number of amides is 2. The molecule has 18 heavy (non-hydrogen) atoms. The predicted octanol–water partition coefficient (Wildman–Crippen LogP) is 0.0251. The molecule has 0 spiro atoms. The van der Waals surface area contributed by atoms with Crippen LogP contribution in [0.1, 0.15) is 40.5 Å². The van der Waals surface area contributed by atoms with Crippen LogP contribution in [0.4, 0.5) is 0 Å². The van der Waals surface area contributed by atoms with Crippen molar-refractivity contribution in [3.63, 3.8) is 0 Å². The third kappa shape index (κ3) is 7.24. The molecule has 2 unspecified atom stereocenters. The summed E-state index contributed by atoms with van der Waals surface area (Å²) >= 11 is 0. The number of hydrazine groups is 1. The van der Waals surface area contributed by atoms with E-state index in [1.165, 1.54) is 13.8 Å². The molecule has 0 saturated carbocycles. The van der Waals surface area contributed by atoms with Gasteiger partial charge in [0.25, 0.3) is 0 Å². The summed E-state index contributed by atoms with van der Waals surface area (Å²) in [4.78, 5) is 22.0. The molecule has 6 nitrogen and oxygen atoms in total. The maximum atomic E-state index is 11.0. The number of aliphatic hydroxyl groups excluding tert-OH is 1. The van der Waals surface area contributed by atoms with Crippen LogP contribution >= 0.6 is 0 Å². The van der Waals surface area contributed by atoms with Crippen LogP contribution in [0.15, 0.2) is 0 Å². The maximum absolute atomic E-state index is 11.0. The van der Waals surface area contributed by atoms with Gasteiger partial charge in [-0.2, -0.15) is 0 Å². The molecular weight excluding hydrogens is 234 g/mol. The second-order valence-corrected chi connectivity index (χ2v) is 4.40. The van der Waals surface area contributed by atoms with Crippen molar-refractivity contribution in [2.75, 3.05) is 13.1 Å². The van der Waals surface area contributed by atoms with Gasteiger partial charge < -0.3 is 10.4 Å². The standard InChI is InChI=1S/C12H25N3O3/c1-5-7-15(14-10(4)17)8-12(18)11(6-2)13-9(3)16/h11-12,18H,5-8H2,1-4H3,(H,13,16)(H,14,17). The minimum Gasteiger partial charge on any atom is -0.390 e. The van der Waals surface area contributed by atoms with Gasteiger partial charge >= 0.3 is 0 Å². The zero-order valence-corrected chi connectivity index (χ0v) is 11.7. The molecule has 6 heteroatoms. The summed E-state index contributed by atoms with van der Waals surface area (Å²) < 4.78 is 0. The summed E-state index contributed by atoms with van der Waals surface area (Å²) in [6.07, 6.45) is 0.794. The summed E-state index contributed by atoms with van der Waals surface area (Å²) in [6, 6.07) is -0.296. The van der Waals surface area contributed by atoms with E-state index in [9.17, 15) is 14.7 Å². The second-order valence-electron chi connectivity index (χ2n) is 4.40. The van der Waals surface area contributed by atoms with Gasteiger partial charge in [-0.25, -0.2) is 5.01 Å². The van der Waals surface area contributed by atoms with E-state index in [0.29, 0.717) is 19.5 Å². The van der Waals surface area contributed by atoms with Crippen LogP contribution < -0.4 is 10.7 Å². The lowest BCUT2D eigenvalue weighted by Crippen LogP contribution is -2.51. The molecule has 0 heterocycles. The highest BCUT2D eigenvalue weighted by Gasteiger charge is 2.21. The Balaban J connectivity index is 4.39. The summed E-state index contributed by atoms with van der Waals surface area (Å²) in [5.41, 5.74) is 2.67. The van der Waals surface area contributed by atoms with Gasteiger partial charge in [0.2, 0.25) is 11.8 Å². The SMILES string of the molecule is CCCN(CC(O)C(CC)NC(C)=O)NC(C)=O. The fraction of sp³-hybridized carbons (Fsp3) is 0.833. The van der Waals surface area contributed by atoms with Crippen molar-refractivity contribution in [3.05, 3.63) is 0 Å². The van der Waals surface area contributed by atoms with E-state index < -0.39 is 6.10 Å². The summed E-state index contributed by atoms with van der Waals surface area (Å²) in [5.74, 6) is -0.328. The lowest BCUT2D eigenvalue weighted by Gasteiger charge is -2.29. The van der Waals surface area contributed by atoms with Gasteiger partial charge in [-0.3, -0.25) is 15.0 Å². The smallest absolute Gasteiger partial charge is 0.231 e. The minimum absolute atomic E-state index is 0.164. The van der Waals surface area contributed by atoms with Gasteiger partial charge in [0, 0.05) is 26.9 Å². The summed E-state index contributed by atoms with van der Waals surface area (Å²) in [6.45, 7) is 7.70. The number of nitrogens with zero attached hydrogens (tertiary/aromatic N) is 1. The maximum Gasteiger partial charge on any atom is 0.231 e. The number of nitrogens with one attached hydrogen (secondary N) is 2. The largest absolute Gasteiger partial charge is 0.390 e. The molecule has 0 fully saturated rings. The van der Waals surface area contributed by atoms with Crippen molar-refractivity contribution in [2.45, 2.75) is 52.7 Å². The number of rotatable bonds is 8. The van der Waals surface area contributed by atoms with Crippen LogP contribution in [0.25, 0.3) is 0 Å². The molecule has 0 bridgehead atoms. The average molecular weight is 259 g/mol. The van der Waals surface area contributed by atoms with Crippen molar-refractivity contribution in [2.24, 2.45) is 0 Å². The number of hydrogen-bond donors (Lipinski definition) is 3. The van der Waals surface area contributed by atoms with Crippen LogP contribution in [0, 0.1) is 0 Å². The lowest BCUT2D eigenvalue weighted by atomic mass is 10.1. The average Bonchev–Trinajstić information content (AvgIpc) is 2.24. The normalized spacial score (nSPS) is 14.1. The van der Waals surface area contributed by atoms with Crippen molar-refractivity contribution >= 4 is 11.8 Å². The molecular formula is C12H25N3O3. The molecule has 0 aromatic heterocycles. The molecule has 106 valence electrons. The van der Waals surface area contributed by atoms with Gasteiger partial charge in [0.15, 0.2) is 0 Å². The van der Waals surface area contributed by atoms with Gasteiger partial charge in [-0.15, -0.1) is 0 Å². The first-order valence-corrected chi connectivity index (χ1v) is 6.38. The summed E-state index contributed by atoms with van der Waals surface area (Å²) in [5, 5.41) is 14.4. The Hall–Kier alpha value is -1.14. The van der Waals surface area contributed by atoms with Crippen molar-refractivity contribution in [3.8, 4) is 0 Å². The van der Waals surface area contributed by atoms with Crippen LogP contribution in [-0.4, -0.2) is 47.2 Å². The Morgan fingerprint density at radius 2 is 1.83 bits per heavy atom. The molecule has 0 aliphatic heterocycles. The quantitative estimate of drug-likeness (QED) is 0.537. The van der Waals surface area contributed by atoms with Gasteiger partial charge in [-0.1, -0.05) is 13.8 Å². The fourth-order valence-corrected chi connectivity index (χ4v) is 1.77. The fourth-order valence-electron chi connectivity index (χ4n) is 1.77. The molecule has 0 aromatic rings. The first-order chi connectivity index (χ1) is 8.40.